The van der Waals surface area contributed by atoms with Gasteiger partial charge in [-0.25, -0.2) is 0 Å². The summed E-state index contributed by atoms with van der Waals surface area (Å²) in [6.07, 6.45) is 5.46. The Morgan fingerprint density at radius 2 is 1.83 bits per heavy atom. The van der Waals surface area contributed by atoms with Gasteiger partial charge in [0.2, 0.25) is 0 Å². The summed E-state index contributed by atoms with van der Waals surface area (Å²) in [6, 6.07) is 4.76. The molecule has 1 aromatic heterocycles. The SMILES string of the molecule is CC(CCN(C)C)n1cccc1. The van der Waals surface area contributed by atoms with Crippen LogP contribution in [0, 0.1) is 0 Å². The van der Waals surface area contributed by atoms with Gasteiger partial charge in [0.25, 0.3) is 0 Å². The van der Waals surface area contributed by atoms with Crippen molar-refractivity contribution in [1.82, 2.24) is 9.47 Å². The quantitative estimate of drug-likeness (QED) is 0.664. The molecule has 0 saturated heterocycles. The highest BCUT2D eigenvalue weighted by molar-refractivity contribution is 4.92. The molecule has 1 atom stereocenters. The van der Waals surface area contributed by atoms with E-state index in [2.05, 4.69) is 55.0 Å². The van der Waals surface area contributed by atoms with Crippen LogP contribution < -0.4 is 0 Å². The molecule has 0 radical (unpaired) electrons. The fourth-order valence-electron chi connectivity index (χ4n) is 1.24. The molecule has 1 heterocycles. The van der Waals surface area contributed by atoms with Crippen LogP contribution in [-0.2, 0) is 0 Å². The lowest BCUT2D eigenvalue weighted by atomic mass is 10.2. The highest BCUT2D eigenvalue weighted by Crippen LogP contribution is 2.10. The standard InChI is InChI=1S/C10H18N2/c1-10(6-9-11(2)3)12-7-4-5-8-12/h4-5,7-8,10H,6,9H2,1-3H3. The van der Waals surface area contributed by atoms with E-state index in [1.807, 2.05) is 0 Å². The molecule has 0 saturated carbocycles. The minimum Gasteiger partial charge on any atom is -0.351 e. The second-order valence-electron chi connectivity index (χ2n) is 3.57. The monoisotopic (exact) mass is 166 g/mol. The van der Waals surface area contributed by atoms with Gasteiger partial charge in [-0.05, 0) is 46.1 Å². The molecule has 2 heteroatoms. The molecule has 0 aliphatic carbocycles. The molecule has 0 aliphatic rings. The highest BCUT2D eigenvalue weighted by atomic mass is 15.1. The molecule has 12 heavy (non-hydrogen) atoms. The number of nitrogens with zero attached hydrogens (tertiary/aromatic N) is 2. The molecule has 0 aromatic carbocycles. The summed E-state index contributed by atoms with van der Waals surface area (Å²) in [4.78, 5) is 2.22. The van der Waals surface area contributed by atoms with Crippen molar-refractivity contribution in [2.45, 2.75) is 19.4 Å². The first kappa shape index (κ1) is 9.33. The maximum atomic E-state index is 2.25. The van der Waals surface area contributed by atoms with Gasteiger partial charge in [-0.3, -0.25) is 0 Å². The van der Waals surface area contributed by atoms with Crippen LogP contribution in [0.5, 0.6) is 0 Å². The Kier molecular flexibility index (Phi) is 3.35. The fourth-order valence-corrected chi connectivity index (χ4v) is 1.24. The molecular formula is C10H18N2. The molecule has 0 bridgehead atoms. The van der Waals surface area contributed by atoms with E-state index in [-0.39, 0.29) is 0 Å². The van der Waals surface area contributed by atoms with Gasteiger partial charge in [0, 0.05) is 18.4 Å². The van der Waals surface area contributed by atoms with Crippen LogP contribution in [0.3, 0.4) is 0 Å². The van der Waals surface area contributed by atoms with Crippen LogP contribution in [0.1, 0.15) is 19.4 Å². The van der Waals surface area contributed by atoms with Gasteiger partial charge in [-0.15, -0.1) is 0 Å². The van der Waals surface area contributed by atoms with Gasteiger partial charge in [-0.1, -0.05) is 0 Å². The van der Waals surface area contributed by atoms with E-state index >= 15 is 0 Å². The Balaban J connectivity index is 2.34. The minimum absolute atomic E-state index is 0.613. The van der Waals surface area contributed by atoms with E-state index in [9.17, 15) is 0 Å². The van der Waals surface area contributed by atoms with Gasteiger partial charge < -0.3 is 9.47 Å². The van der Waals surface area contributed by atoms with E-state index in [0.29, 0.717) is 6.04 Å². The van der Waals surface area contributed by atoms with Crippen molar-refractivity contribution in [1.29, 1.82) is 0 Å². The third-order valence-electron chi connectivity index (χ3n) is 2.13. The van der Waals surface area contributed by atoms with Crippen LogP contribution in [-0.4, -0.2) is 30.1 Å². The van der Waals surface area contributed by atoms with Crippen molar-refractivity contribution in [2.24, 2.45) is 0 Å². The van der Waals surface area contributed by atoms with Crippen molar-refractivity contribution >= 4 is 0 Å². The average molecular weight is 166 g/mol. The number of aromatic nitrogens is 1. The minimum atomic E-state index is 0.613. The van der Waals surface area contributed by atoms with Crippen LogP contribution in [0.4, 0.5) is 0 Å². The maximum absolute atomic E-state index is 2.25. The molecule has 0 spiro atoms. The van der Waals surface area contributed by atoms with E-state index in [1.54, 1.807) is 0 Å². The summed E-state index contributed by atoms with van der Waals surface area (Å²) >= 11 is 0. The number of rotatable bonds is 4. The van der Waals surface area contributed by atoms with Crippen molar-refractivity contribution in [3.8, 4) is 0 Å². The average Bonchev–Trinajstić information content (AvgIpc) is 2.51. The molecule has 1 unspecified atom stereocenters. The topological polar surface area (TPSA) is 8.17 Å². The third-order valence-corrected chi connectivity index (χ3v) is 2.13. The fraction of sp³-hybridized carbons (Fsp3) is 0.600. The first-order valence-electron chi connectivity index (χ1n) is 4.47. The number of hydrogen-bond acceptors (Lipinski definition) is 1. The molecule has 68 valence electrons. The molecule has 0 fully saturated rings. The van der Waals surface area contributed by atoms with E-state index in [1.165, 1.54) is 6.42 Å². The first-order chi connectivity index (χ1) is 5.70. The van der Waals surface area contributed by atoms with Crippen LogP contribution in [0.15, 0.2) is 24.5 Å². The Bertz CT molecular complexity index is 202. The zero-order chi connectivity index (χ0) is 8.97. The second-order valence-corrected chi connectivity index (χ2v) is 3.57. The Morgan fingerprint density at radius 1 is 1.25 bits per heavy atom. The van der Waals surface area contributed by atoms with Gasteiger partial charge >= 0.3 is 0 Å². The van der Waals surface area contributed by atoms with E-state index in [4.69, 9.17) is 0 Å². The number of hydrogen-bond donors (Lipinski definition) is 0. The predicted octanol–water partition coefficient (Wildman–Crippen LogP) is 2.00. The van der Waals surface area contributed by atoms with Gasteiger partial charge in [0.1, 0.15) is 0 Å². The lowest BCUT2D eigenvalue weighted by Gasteiger charge is -2.16. The summed E-state index contributed by atoms with van der Waals surface area (Å²) in [7, 11) is 4.23. The maximum Gasteiger partial charge on any atom is 0.0314 e. The predicted molar refractivity (Wildman–Crippen MR) is 52.3 cm³/mol. The lowest BCUT2D eigenvalue weighted by Crippen LogP contribution is -2.16. The van der Waals surface area contributed by atoms with Crippen LogP contribution >= 0.6 is 0 Å². The van der Waals surface area contributed by atoms with Crippen molar-refractivity contribution in [3.63, 3.8) is 0 Å². The molecule has 0 aliphatic heterocycles. The summed E-state index contributed by atoms with van der Waals surface area (Å²) in [5.41, 5.74) is 0. The summed E-state index contributed by atoms with van der Waals surface area (Å²) in [6.45, 7) is 3.41. The highest BCUT2D eigenvalue weighted by Gasteiger charge is 2.02. The largest absolute Gasteiger partial charge is 0.351 e. The second kappa shape index (κ2) is 4.31. The van der Waals surface area contributed by atoms with Gasteiger partial charge in [-0.2, -0.15) is 0 Å². The van der Waals surface area contributed by atoms with Gasteiger partial charge in [0.15, 0.2) is 0 Å². The Morgan fingerprint density at radius 3 is 2.33 bits per heavy atom. The molecule has 1 rings (SSSR count). The zero-order valence-corrected chi connectivity index (χ0v) is 8.20. The van der Waals surface area contributed by atoms with Crippen LogP contribution in [0.2, 0.25) is 0 Å². The summed E-state index contributed by atoms with van der Waals surface area (Å²) in [5.74, 6) is 0. The molecule has 1 aromatic rings. The third kappa shape index (κ3) is 2.70. The van der Waals surface area contributed by atoms with Crippen LogP contribution in [0.25, 0.3) is 0 Å². The van der Waals surface area contributed by atoms with E-state index < -0.39 is 0 Å². The van der Waals surface area contributed by atoms with Crippen molar-refractivity contribution in [2.75, 3.05) is 20.6 Å². The van der Waals surface area contributed by atoms with Crippen molar-refractivity contribution in [3.05, 3.63) is 24.5 Å². The zero-order valence-electron chi connectivity index (χ0n) is 8.20. The first-order valence-corrected chi connectivity index (χ1v) is 4.47. The molecule has 2 nitrogen and oxygen atoms in total. The summed E-state index contributed by atoms with van der Waals surface area (Å²) < 4.78 is 2.25. The van der Waals surface area contributed by atoms with E-state index in [0.717, 1.165) is 6.54 Å². The molecular weight excluding hydrogens is 148 g/mol. The summed E-state index contributed by atoms with van der Waals surface area (Å²) in [5, 5.41) is 0. The normalized spacial score (nSPS) is 13.7. The molecule has 0 N–H and O–H groups in total. The smallest absolute Gasteiger partial charge is 0.0314 e. The van der Waals surface area contributed by atoms with Gasteiger partial charge in [0.05, 0.1) is 0 Å². The lowest BCUT2D eigenvalue weighted by molar-refractivity contribution is 0.358. The van der Waals surface area contributed by atoms with Crippen molar-refractivity contribution < 1.29 is 0 Å². The Hall–Kier alpha value is -0.760. The molecule has 0 amide bonds. The Labute approximate surface area is 74.8 Å².